The first-order valence-electron chi connectivity index (χ1n) is 6.35. The molecule has 2 rings (SSSR count). The highest BCUT2D eigenvalue weighted by molar-refractivity contribution is 7.88. The molecule has 110 valence electrons. The predicted octanol–water partition coefficient (Wildman–Crippen LogP) is 0.839. The van der Waals surface area contributed by atoms with Gasteiger partial charge in [0.05, 0.1) is 24.4 Å². The van der Waals surface area contributed by atoms with E-state index in [0.717, 1.165) is 6.42 Å². The zero-order chi connectivity index (χ0) is 14.8. The highest BCUT2D eigenvalue weighted by Gasteiger charge is 2.28. The lowest BCUT2D eigenvalue weighted by Crippen LogP contribution is -2.23. The number of rotatable bonds is 4. The van der Waals surface area contributed by atoms with Crippen molar-refractivity contribution < 1.29 is 17.9 Å². The molecule has 7 heteroatoms. The topological polar surface area (TPSA) is 98.5 Å². The van der Waals surface area contributed by atoms with Crippen LogP contribution in [0.1, 0.15) is 18.9 Å². The van der Waals surface area contributed by atoms with Gasteiger partial charge in [-0.1, -0.05) is 12.1 Å². The van der Waals surface area contributed by atoms with Gasteiger partial charge in [0.1, 0.15) is 0 Å². The summed E-state index contributed by atoms with van der Waals surface area (Å²) < 4.78 is 27.3. The van der Waals surface area contributed by atoms with Gasteiger partial charge in [-0.05, 0) is 31.0 Å². The van der Waals surface area contributed by atoms with Crippen LogP contribution in [0.5, 0.6) is 0 Å². The molecule has 0 saturated carbocycles. The zero-order valence-corrected chi connectivity index (χ0v) is 12.0. The third-order valence-corrected chi connectivity index (χ3v) is 3.89. The first-order valence-corrected chi connectivity index (χ1v) is 8.07. The fourth-order valence-corrected chi connectivity index (χ4v) is 2.82. The lowest BCUT2D eigenvalue weighted by molar-refractivity contribution is -0.119. The minimum Gasteiger partial charge on any atom is -0.378 e. The Morgan fingerprint density at radius 3 is 2.55 bits per heavy atom. The molecule has 1 heterocycles. The average Bonchev–Trinajstić information content (AvgIpc) is 2.77. The molecule has 1 aliphatic rings. The molecule has 0 spiro atoms. The summed E-state index contributed by atoms with van der Waals surface area (Å²) in [6.07, 6.45) is 0.831. The van der Waals surface area contributed by atoms with E-state index in [9.17, 15) is 13.2 Å². The van der Waals surface area contributed by atoms with Gasteiger partial charge in [-0.3, -0.25) is 4.79 Å². The van der Waals surface area contributed by atoms with Gasteiger partial charge < -0.3 is 10.1 Å². The molecule has 1 saturated heterocycles. The molecule has 1 aromatic rings. The molecule has 0 radical (unpaired) electrons. The highest BCUT2D eigenvalue weighted by Crippen LogP contribution is 2.21. The number of anilines is 1. The summed E-state index contributed by atoms with van der Waals surface area (Å²) in [5.41, 5.74) is 1.22. The minimum absolute atomic E-state index is 0.0754. The van der Waals surface area contributed by atoms with E-state index in [-0.39, 0.29) is 23.7 Å². The number of ether oxygens (including phenoxy) is 1. The minimum atomic E-state index is -3.54. The van der Waals surface area contributed by atoms with Crippen LogP contribution in [0.25, 0.3) is 0 Å². The zero-order valence-electron chi connectivity index (χ0n) is 11.2. The maximum Gasteiger partial charge on any atom is 0.229 e. The molecule has 1 fully saturated rings. The van der Waals surface area contributed by atoms with Crippen LogP contribution in [0.2, 0.25) is 0 Å². The fraction of sp³-hybridized carbons (Fsp3) is 0.462. The van der Waals surface area contributed by atoms with Crippen LogP contribution < -0.4 is 10.5 Å². The van der Waals surface area contributed by atoms with Crippen LogP contribution >= 0.6 is 0 Å². The van der Waals surface area contributed by atoms with E-state index in [1.165, 1.54) is 0 Å². The molecule has 1 aliphatic heterocycles. The van der Waals surface area contributed by atoms with E-state index in [0.29, 0.717) is 17.9 Å². The molecule has 2 unspecified atom stereocenters. The van der Waals surface area contributed by atoms with Crippen molar-refractivity contribution in [1.29, 1.82) is 0 Å². The first kappa shape index (κ1) is 15.0. The number of hydrogen-bond acceptors (Lipinski definition) is 4. The lowest BCUT2D eigenvalue weighted by Gasteiger charge is -2.10. The van der Waals surface area contributed by atoms with Crippen molar-refractivity contribution in [2.24, 2.45) is 11.1 Å². The quantitative estimate of drug-likeness (QED) is 0.860. The number of nitrogens with one attached hydrogen (secondary N) is 1. The van der Waals surface area contributed by atoms with E-state index >= 15 is 0 Å². The maximum absolute atomic E-state index is 12.0. The van der Waals surface area contributed by atoms with Gasteiger partial charge in [0.15, 0.2) is 0 Å². The second-order valence-corrected chi connectivity index (χ2v) is 6.68. The Morgan fingerprint density at radius 1 is 1.40 bits per heavy atom. The summed E-state index contributed by atoms with van der Waals surface area (Å²) in [4.78, 5) is 12.0. The van der Waals surface area contributed by atoms with E-state index < -0.39 is 10.0 Å². The largest absolute Gasteiger partial charge is 0.378 e. The molecule has 6 nitrogen and oxygen atoms in total. The molecule has 0 aliphatic carbocycles. The van der Waals surface area contributed by atoms with Gasteiger partial charge in [-0.25, -0.2) is 13.6 Å². The van der Waals surface area contributed by atoms with Gasteiger partial charge >= 0.3 is 0 Å². The SMILES string of the molecule is CC1CC(C(=O)Nc2ccc(CS(N)(=O)=O)cc2)CO1. The number of nitrogens with two attached hydrogens (primary N) is 1. The summed E-state index contributed by atoms with van der Waals surface area (Å²) in [7, 11) is -3.54. The van der Waals surface area contributed by atoms with Gasteiger partial charge in [0, 0.05) is 5.69 Å². The van der Waals surface area contributed by atoms with Crippen LogP contribution in [-0.2, 0) is 25.3 Å². The van der Waals surface area contributed by atoms with Crippen LogP contribution in [0.4, 0.5) is 5.69 Å². The maximum atomic E-state index is 12.0. The smallest absolute Gasteiger partial charge is 0.229 e. The van der Waals surface area contributed by atoms with Gasteiger partial charge in [-0.15, -0.1) is 0 Å². The van der Waals surface area contributed by atoms with Crippen molar-refractivity contribution in [2.45, 2.75) is 25.2 Å². The Bertz CT molecular complexity index is 583. The Labute approximate surface area is 118 Å². The standard InChI is InChI=1S/C13H18N2O4S/c1-9-6-11(7-19-9)13(16)15-12-4-2-10(3-5-12)8-20(14,17)18/h2-5,9,11H,6-8H2,1H3,(H,15,16)(H2,14,17,18). The van der Waals surface area contributed by atoms with Crippen molar-refractivity contribution in [1.82, 2.24) is 0 Å². The number of carbonyl (C=O) groups is 1. The average molecular weight is 298 g/mol. The second-order valence-electron chi connectivity index (χ2n) is 5.07. The third-order valence-electron chi connectivity index (χ3n) is 3.16. The van der Waals surface area contributed by atoms with Crippen molar-refractivity contribution in [2.75, 3.05) is 11.9 Å². The van der Waals surface area contributed by atoms with Gasteiger partial charge in [0.2, 0.25) is 15.9 Å². The van der Waals surface area contributed by atoms with E-state index in [4.69, 9.17) is 9.88 Å². The summed E-state index contributed by atoms with van der Waals surface area (Å²) in [5, 5.41) is 7.77. The van der Waals surface area contributed by atoms with Crippen molar-refractivity contribution in [3.63, 3.8) is 0 Å². The number of hydrogen-bond donors (Lipinski definition) is 2. The number of primary sulfonamides is 1. The van der Waals surface area contributed by atoms with Crippen LogP contribution in [0.15, 0.2) is 24.3 Å². The first-order chi connectivity index (χ1) is 9.33. The van der Waals surface area contributed by atoms with Crippen molar-refractivity contribution in [3.8, 4) is 0 Å². The van der Waals surface area contributed by atoms with Gasteiger partial charge in [0.25, 0.3) is 0 Å². The molecule has 1 aromatic carbocycles. The molecule has 0 aromatic heterocycles. The molecule has 20 heavy (non-hydrogen) atoms. The number of benzene rings is 1. The fourth-order valence-electron chi connectivity index (χ4n) is 2.16. The summed E-state index contributed by atoms with van der Waals surface area (Å²) in [5.74, 6) is -0.419. The van der Waals surface area contributed by atoms with Crippen LogP contribution in [-0.4, -0.2) is 27.0 Å². The Balaban J connectivity index is 1.95. The normalized spacial score (nSPS) is 22.7. The van der Waals surface area contributed by atoms with Crippen LogP contribution in [0.3, 0.4) is 0 Å². The van der Waals surface area contributed by atoms with E-state index in [1.54, 1.807) is 24.3 Å². The summed E-state index contributed by atoms with van der Waals surface area (Å²) >= 11 is 0. The third kappa shape index (κ3) is 4.29. The molecular formula is C13H18N2O4S. The highest BCUT2D eigenvalue weighted by atomic mass is 32.2. The van der Waals surface area contributed by atoms with E-state index in [2.05, 4.69) is 5.32 Å². The summed E-state index contributed by atoms with van der Waals surface area (Å²) in [6.45, 7) is 2.38. The number of sulfonamides is 1. The molecule has 3 N–H and O–H groups in total. The van der Waals surface area contributed by atoms with Crippen molar-refractivity contribution in [3.05, 3.63) is 29.8 Å². The molecule has 1 amide bonds. The number of amides is 1. The molecular weight excluding hydrogens is 280 g/mol. The molecule has 2 atom stereocenters. The Hall–Kier alpha value is -1.44. The second kappa shape index (κ2) is 5.90. The Kier molecular flexibility index (Phi) is 4.42. The lowest BCUT2D eigenvalue weighted by atomic mass is 10.1. The molecule has 0 bridgehead atoms. The van der Waals surface area contributed by atoms with Crippen LogP contribution in [0, 0.1) is 5.92 Å². The van der Waals surface area contributed by atoms with E-state index in [1.807, 2.05) is 6.92 Å². The monoisotopic (exact) mass is 298 g/mol. The van der Waals surface area contributed by atoms with Crippen molar-refractivity contribution >= 4 is 21.6 Å². The number of carbonyl (C=O) groups excluding carboxylic acids is 1. The van der Waals surface area contributed by atoms with Gasteiger partial charge in [-0.2, -0.15) is 0 Å². The summed E-state index contributed by atoms with van der Waals surface area (Å²) in [6, 6.07) is 6.59. The predicted molar refractivity (Wildman–Crippen MR) is 75.4 cm³/mol. The Morgan fingerprint density at radius 2 is 2.05 bits per heavy atom.